The van der Waals surface area contributed by atoms with Gasteiger partial charge in [-0.2, -0.15) is 0 Å². The Morgan fingerprint density at radius 2 is 1.89 bits per heavy atom. The van der Waals surface area contributed by atoms with Crippen LogP contribution in [0.25, 0.3) is 0 Å². The third kappa shape index (κ3) is 4.39. The van der Waals surface area contributed by atoms with Crippen molar-refractivity contribution < 1.29 is 13.2 Å². The van der Waals surface area contributed by atoms with E-state index in [2.05, 4.69) is 10.2 Å². The van der Waals surface area contributed by atoms with E-state index in [-0.39, 0.29) is 11.8 Å². The van der Waals surface area contributed by atoms with Crippen LogP contribution in [0, 0.1) is 0 Å². The van der Waals surface area contributed by atoms with Crippen molar-refractivity contribution in [3.8, 4) is 0 Å². The standard InChI is InChI=1S/C12H25N3O3S/c1-14(12-2-9-18-10-3-12)19(16,17)11-8-15-6-4-13-5-7-15/h12-13H,2-11H2,1H3. The van der Waals surface area contributed by atoms with Crippen LogP contribution in [0.2, 0.25) is 0 Å². The summed E-state index contributed by atoms with van der Waals surface area (Å²) in [6.45, 7) is 5.76. The third-order valence-corrected chi connectivity index (χ3v) is 5.89. The molecule has 2 heterocycles. The number of ether oxygens (including phenoxy) is 1. The molecular weight excluding hydrogens is 266 g/mol. The molecule has 2 aliphatic rings. The van der Waals surface area contributed by atoms with Gasteiger partial charge in [-0.05, 0) is 12.8 Å². The third-order valence-electron chi connectivity index (χ3n) is 4.02. The van der Waals surface area contributed by atoms with Gasteiger partial charge in [0, 0.05) is 59.0 Å². The van der Waals surface area contributed by atoms with E-state index < -0.39 is 10.0 Å². The fraction of sp³-hybridized carbons (Fsp3) is 1.00. The maximum atomic E-state index is 12.3. The van der Waals surface area contributed by atoms with E-state index in [1.54, 1.807) is 11.4 Å². The Morgan fingerprint density at radius 3 is 2.53 bits per heavy atom. The highest BCUT2D eigenvalue weighted by Gasteiger charge is 2.28. The van der Waals surface area contributed by atoms with E-state index in [1.807, 2.05) is 0 Å². The zero-order valence-electron chi connectivity index (χ0n) is 11.7. The molecule has 0 unspecified atom stereocenters. The number of nitrogens with one attached hydrogen (secondary N) is 1. The number of piperazine rings is 1. The van der Waals surface area contributed by atoms with E-state index >= 15 is 0 Å². The van der Waals surface area contributed by atoms with Gasteiger partial charge in [0.1, 0.15) is 0 Å². The van der Waals surface area contributed by atoms with Gasteiger partial charge >= 0.3 is 0 Å². The zero-order chi connectivity index (χ0) is 13.7. The van der Waals surface area contributed by atoms with Gasteiger partial charge in [0.15, 0.2) is 0 Å². The van der Waals surface area contributed by atoms with Gasteiger partial charge in [-0.3, -0.25) is 4.90 Å². The monoisotopic (exact) mass is 291 g/mol. The summed E-state index contributed by atoms with van der Waals surface area (Å²) in [5.74, 6) is 0.223. The largest absolute Gasteiger partial charge is 0.381 e. The fourth-order valence-corrected chi connectivity index (χ4v) is 4.04. The quantitative estimate of drug-likeness (QED) is 0.728. The Labute approximate surface area is 116 Å². The van der Waals surface area contributed by atoms with Crippen molar-refractivity contribution in [2.45, 2.75) is 18.9 Å². The Kier molecular flexibility index (Phi) is 5.58. The van der Waals surface area contributed by atoms with Crippen LogP contribution < -0.4 is 5.32 Å². The smallest absolute Gasteiger partial charge is 0.215 e. The molecule has 0 aromatic carbocycles. The lowest BCUT2D eigenvalue weighted by Gasteiger charge is -2.32. The number of sulfonamides is 1. The van der Waals surface area contributed by atoms with Crippen molar-refractivity contribution in [3.63, 3.8) is 0 Å². The van der Waals surface area contributed by atoms with Crippen LogP contribution in [0.15, 0.2) is 0 Å². The summed E-state index contributed by atoms with van der Waals surface area (Å²) in [4.78, 5) is 2.21. The molecule has 0 aliphatic carbocycles. The van der Waals surface area contributed by atoms with E-state index in [9.17, 15) is 8.42 Å². The number of rotatable bonds is 5. The number of hydrogen-bond donors (Lipinski definition) is 1. The molecule has 0 radical (unpaired) electrons. The molecule has 0 aromatic rings. The normalized spacial score (nSPS) is 23.9. The molecule has 19 heavy (non-hydrogen) atoms. The first-order valence-corrected chi connectivity index (χ1v) is 8.67. The lowest BCUT2D eigenvalue weighted by atomic mass is 10.1. The predicted molar refractivity (Wildman–Crippen MR) is 74.7 cm³/mol. The molecule has 2 saturated heterocycles. The Bertz CT molecular complexity index is 362. The van der Waals surface area contributed by atoms with Gasteiger partial charge in [0.05, 0.1) is 5.75 Å². The molecule has 6 nitrogen and oxygen atoms in total. The molecule has 0 atom stereocenters. The molecular formula is C12H25N3O3S. The molecule has 112 valence electrons. The van der Waals surface area contributed by atoms with Crippen molar-refractivity contribution in [2.75, 3.05) is 58.7 Å². The highest BCUT2D eigenvalue weighted by atomic mass is 32.2. The SMILES string of the molecule is CN(C1CCOCC1)S(=O)(=O)CCN1CCNCC1. The summed E-state index contributed by atoms with van der Waals surface area (Å²) in [5.41, 5.74) is 0. The van der Waals surface area contributed by atoms with Crippen molar-refractivity contribution >= 4 is 10.0 Å². The zero-order valence-corrected chi connectivity index (χ0v) is 12.5. The van der Waals surface area contributed by atoms with Crippen molar-refractivity contribution in [1.82, 2.24) is 14.5 Å². The lowest BCUT2D eigenvalue weighted by molar-refractivity contribution is 0.0631. The summed E-state index contributed by atoms with van der Waals surface area (Å²) in [6.07, 6.45) is 1.62. The minimum absolute atomic E-state index is 0.113. The Morgan fingerprint density at radius 1 is 1.26 bits per heavy atom. The first kappa shape index (κ1) is 15.2. The van der Waals surface area contributed by atoms with Crippen molar-refractivity contribution in [3.05, 3.63) is 0 Å². The van der Waals surface area contributed by atoms with Crippen molar-refractivity contribution in [1.29, 1.82) is 0 Å². The highest BCUT2D eigenvalue weighted by molar-refractivity contribution is 7.89. The minimum Gasteiger partial charge on any atom is -0.381 e. The minimum atomic E-state index is -3.14. The predicted octanol–water partition coefficient (Wildman–Crippen LogP) is -0.668. The maximum Gasteiger partial charge on any atom is 0.215 e. The van der Waals surface area contributed by atoms with Crippen LogP contribution in [-0.2, 0) is 14.8 Å². The second-order valence-electron chi connectivity index (χ2n) is 5.27. The van der Waals surface area contributed by atoms with E-state index in [0.717, 1.165) is 39.0 Å². The van der Waals surface area contributed by atoms with Gasteiger partial charge in [-0.1, -0.05) is 0 Å². The van der Waals surface area contributed by atoms with Crippen LogP contribution in [0.4, 0.5) is 0 Å². The van der Waals surface area contributed by atoms with Gasteiger partial charge in [0.25, 0.3) is 0 Å². The summed E-state index contributed by atoms with van der Waals surface area (Å²) >= 11 is 0. The average molecular weight is 291 g/mol. The topological polar surface area (TPSA) is 61.9 Å². The molecule has 2 fully saturated rings. The van der Waals surface area contributed by atoms with Crippen LogP contribution >= 0.6 is 0 Å². The molecule has 2 rings (SSSR count). The van der Waals surface area contributed by atoms with Gasteiger partial charge < -0.3 is 10.1 Å². The van der Waals surface area contributed by atoms with Crippen LogP contribution in [0.5, 0.6) is 0 Å². The fourth-order valence-electron chi connectivity index (χ4n) is 2.60. The maximum absolute atomic E-state index is 12.3. The molecule has 1 N–H and O–H groups in total. The molecule has 0 spiro atoms. The molecule has 0 saturated carbocycles. The summed E-state index contributed by atoms with van der Waals surface area (Å²) in [7, 11) is -1.43. The molecule has 7 heteroatoms. The highest BCUT2D eigenvalue weighted by Crippen LogP contribution is 2.16. The summed E-state index contributed by atoms with van der Waals surface area (Å²) in [6, 6.07) is 0.113. The van der Waals surface area contributed by atoms with Crippen LogP contribution in [0.1, 0.15) is 12.8 Å². The number of hydrogen-bond acceptors (Lipinski definition) is 5. The number of nitrogens with zero attached hydrogens (tertiary/aromatic N) is 2. The van der Waals surface area contributed by atoms with Gasteiger partial charge in [-0.25, -0.2) is 12.7 Å². The van der Waals surface area contributed by atoms with Gasteiger partial charge in [-0.15, -0.1) is 0 Å². The van der Waals surface area contributed by atoms with E-state index in [4.69, 9.17) is 4.74 Å². The lowest BCUT2D eigenvalue weighted by Crippen LogP contribution is -2.47. The van der Waals surface area contributed by atoms with Crippen LogP contribution in [-0.4, -0.2) is 82.4 Å². The van der Waals surface area contributed by atoms with E-state index in [1.165, 1.54) is 0 Å². The molecule has 0 bridgehead atoms. The first-order chi connectivity index (χ1) is 9.09. The Hall–Kier alpha value is -0.210. The second-order valence-corrected chi connectivity index (χ2v) is 7.42. The van der Waals surface area contributed by atoms with E-state index in [0.29, 0.717) is 19.8 Å². The molecule has 0 amide bonds. The average Bonchev–Trinajstić information content (AvgIpc) is 2.46. The summed E-state index contributed by atoms with van der Waals surface area (Å²) in [5, 5.41) is 3.27. The molecule has 0 aromatic heterocycles. The Balaban J connectivity index is 1.82. The summed E-state index contributed by atoms with van der Waals surface area (Å²) < 4.78 is 31.5. The second kappa shape index (κ2) is 6.99. The first-order valence-electron chi connectivity index (χ1n) is 7.06. The van der Waals surface area contributed by atoms with Crippen molar-refractivity contribution in [2.24, 2.45) is 0 Å². The van der Waals surface area contributed by atoms with Gasteiger partial charge in [0.2, 0.25) is 10.0 Å². The molecule has 2 aliphatic heterocycles. The van der Waals surface area contributed by atoms with Crippen LogP contribution in [0.3, 0.4) is 0 Å².